The van der Waals surface area contributed by atoms with Gasteiger partial charge < -0.3 is 5.11 Å². The van der Waals surface area contributed by atoms with E-state index in [9.17, 15) is 9.90 Å². The van der Waals surface area contributed by atoms with Crippen molar-refractivity contribution < 1.29 is 5.11 Å². The topological polar surface area (TPSA) is 55.1 Å². The third-order valence-corrected chi connectivity index (χ3v) is 3.00. The molecule has 2 aromatic rings. The van der Waals surface area contributed by atoms with Crippen LogP contribution in [-0.2, 0) is 6.54 Å². The summed E-state index contributed by atoms with van der Waals surface area (Å²) < 4.78 is 1.86. The van der Waals surface area contributed by atoms with E-state index in [4.69, 9.17) is 0 Å². The summed E-state index contributed by atoms with van der Waals surface area (Å²) in [5.41, 5.74) is 0.841. The van der Waals surface area contributed by atoms with Gasteiger partial charge in [0.25, 0.3) is 0 Å². The summed E-state index contributed by atoms with van der Waals surface area (Å²) in [7, 11) is 0. The van der Waals surface area contributed by atoms with Gasteiger partial charge in [0.1, 0.15) is 0 Å². The van der Waals surface area contributed by atoms with Crippen LogP contribution in [0.25, 0.3) is 10.9 Å². The lowest BCUT2D eigenvalue weighted by Gasteiger charge is -2.09. The fraction of sp³-hybridized carbons (Fsp3) is 0.429. The van der Waals surface area contributed by atoms with E-state index in [1.54, 1.807) is 6.92 Å². The molecule has 0 spiro atoms. The first-order valence-electron chi connectivity index (χ1n) is 6.31. The van der Waals surface area contributed by atoms with Crippen LogP contribution in [0, 0.1) is 0 Å². The van der Waals surface area contributed by atoms with Crippen LogP contribution in [0.1, 0.15) is 26.2 Å². The summed E-state index contributed by atoms with van der Waals surface area (Å²) in [5.74, 6) is 0. The van der Waals surface area contributed by atoms with Gasteiger partial charge in [-0.05, 0) is 38.3 Å². The average molecular weight is 246 g/mol. The molecule has 96 valence electrons. The Labute approximate surface area is 106 Å². The smallest absolute Gasteiger partial charge is 0.207 e. The number of rotatable bonds is 5. The molecule has 0 aliphatic rings. The van der Waals surface area contributed by atoms with Crippen molar-refractivity contribution in [1.29, 1.82) is 0 Å². The van der Waals surface area contributed by atoms with Crippen molar-refractivity contribution in [3.63, 3.8) is 0 Å². The van der Waals surface area contributed by atoms with Crippen LogP contribution in [-0.4, -0.2) is 21.0 Å². The summed E-state index contributed by atoms with van der Waals surface area (Å²) in [5, 5.41) is 14.1. The van der Waals surface area contributed by atoms with Crippen molar-refractivity contribution in [3.05, 3.63) is 40.7 Å². The summed E-state index contributed by atoms with van der Waals surface area (Å²) in [4.78, 5) is 11.6. The van der Waals surface area contributed by atoms with Crippen LogP contribution in [0.5, 0.6) is 0 Å². The van der Waals surface area contributed by atoms with Crippen LogP contribution in [0.15, 0.2) is 35.3 Å². The molecule has 4 heteroatoms. The summed E-state index contributed by atoms with van der Waals surface area (Å²) in [6.45, 7) is 2.57. The molecule has 1 heterocycles. The molecule has 18 heavy (non-hydrogen) atoms. The molecule has 1 aromatic heterocycles. The van der Waals surface area contributed by atoms with E-state index < -0.39 is 0 Å². The van der Waals surface area contributed by atoms with Crippen LogP contribution < -0.4 is 5.43 Å². The molecular weight excluding hydrogens is 228 g/mol. The van der Waals surface area contributed by atoms with E-state index in [0.29, 0.717) is 5.39 Å². The maximum Gasteiger partial charge on any atom is 0.207 e. The fourth-order valence-electron chi connectivity index (χ4n) is 2.04. The SMILES string of the molecule is CC(O)CCCCn1ncc(=O)c2ccccc21. The molecule has 0 saturated carbocycles. The van der Waals surface area contributed by atoms with E-state index in [1.165, 1.54) is 6.20 Å². The van der Waals surface area contributed by atoms with Crippen LogP contribution in [0.2, 0.25) is 0 Å². The van der Waals surface area contributed by atoms with Crippen molar-refractivity contribution in [2.45, 2.75) is 38.8 Å². The Bertz CT molecular complexity index is 575. The number of hydrogen-bond acceptors (Lipinski definition) is 3. The van der Waals surface area contributed by atoms with Gasteiger partial charge in [-0.2, -0.15) is 5.10 Å². The van der Waals surface area contributed by atoms with Gasteiger partial charge in [-0.1, -0.05) is 12.1 Å². The lowest BCUT2D eigenvalue weighted by molar-refractivity contribution is 0.180. The number of para-hydroxylation sites is 1. The van der Waals surface area contributed by atoms with Crippen LogP contribution in [0.4, 0.5) is 0 Å². The highest BCUT2D eigenvalue weighted by molar-refractivity contribution is 5.77. The van der Waals surface area contributed by atoms with Crippen molar-refractivity contribution in [2.75, 3.05) is 0 Å². The predicted molar refractivity (Wildman–Crippen MR) is 71.5 cm³/mol. The molecule has 0 bridgehead atoms. The third kappa shape index (κ3) is 2.96. The minimum Gasteiger partial charge on any atom is -0.393 e. The highest BCUT2D eigenvalue weighted by Crippen LogP contribution is 2.09. The van der Waals surface area contributed by atoms with Crippen LogP contribution in [0.3, 0.4) is 0 Å². The Morgan fingerprint density at radius 1 is 1.33 bits per heavy atom. The molecule has 1 aromatic carbocycles. The molecule has 0 saturated heterocycles. The number of aliphatic hydroxyl groups excluding tert-OH is 1. The summed E-state index contributed by atoms with van der Waals surface area (Å²) in [6, 6.07) is 7.52. The zero-order valence-corrected chi connectivity index (χ0v) is 10.5. The second-order valence-corrected chi connectivity index (χ2v) is 4.59. The van der Waals surface area contributed by atoms with Crippen molar-refractivity contribution in [3.8, 4) is 0 Å². The number of unbranched alkanes of at least 4 members (excludes halogenated alkanes) is 1. The Kier molecular flexibility index (Phi) is 4.10. The molecule has 1 N–H and O–H groups in total. The first-order valence-corrected chi connectivity index (χ1v) is 6.31. The molecule has 2 rings (SSSR count). The summed E-state index contributed by atoms with van der Waals surface area (Å²) >= 11 is 0. The quantitative estimate of drug-likeness (QED) is 0.820. The van der Waals surface area contributed by atoms with E-state index in [1.807, 2.05) is 28.9 Å². The minimum absolute atomic E-state index is 0.0363. The van der Waals surface area contributed by atoms with Crippen molar-refractivity contribution in [1.82, 2.24) is 9.78 Å². The molecule has 0 aliphatic carbocycles. The maximum absolute atomic E-state index is 11.6. The average Bonchev–Trinajstić information content (AvgIpc) is 2.37. The van der Waals surface area contributed by atoms with E-state index in [0.717, 1.165) is 31.3 Å². The van der Waals surface area contributed by atoms with E-state index >= 15 is 0 Å². The predicted octanol–water partition coefficient (Wildman–Crippen LogP) is 1.95. The molecule has 1 atom stereocenters. The van der Waals surface area contributed by atoms with Crippen molar-refractivity contribution >= 4 is 10.9 Å². The Morgan fingerprint density at radius 3 is 2.89 bits per heavy atom. The normalized spacial score (nSPS) is 12.8. The van der Waals surface area contributed by atoms with Gasteiger partial charge in [0.15, 0.2) is 0 Å². The first-order chi connectivity index (χ1) is 8.68. The van der Waals surface area contributed by atoms with Gasteiger partial charge in [0, 0.05) is 11.9 Å². The Balaban J connectivity index is 2.14. The molecule has 0 aliphatic heterocycles. The highest BCUT2D eigenvalue weighted by Gasteiger charge is 2.03. The van der Waals surface area contributed by atoms with Gasteiger partial charge in [-0.15, -0.1) is 0 Å². The van der Waals surface area contributed by atoms with E-state index in [2.05, 4.69) is 5.10 Å². The van der Waals surface area contributed by atoms with Gasteiger partial charge in [0.2, 0.25) is 5.43 Å². The van der Waals surface area contributed by atoms with Gasteiger partial charge in [-0.25, -0.2) is 0 Å². The largest absolute Gasteiger partial charge is 0.393 e. The Hall–Kier alpha value is -1.68. The highest BCUT2D eigenvalue weighted by atomic mass is 16.3. The Morgan fingerprint density at radius 2 is 2.11 bits per heavy atom. The monoisotopic (exact) mass is 246 g/mol. The first kappa shape index (κ1) is 12.8. The molecule has 4 nitrogen and oxygen atoms in total. The van der Waals surface area contributed by atoms with Gasteiger partial charge in [-0.3, -0.25) is 9.48 Å². The molecule has 1 unspecified atom stereocenters. The van der Waals surface area contributed by atoms with E-state index in [-0.39, 0.29) is 11.5 Å². The number of nitrogens with zero attached hydrogens (tertiary/aromatic N) is 2. The van der Waals surface area contributed by atoms with Crippen molar-refractivity contribution in [2.24, 2.45) is 0 Å². The van der Waals surface area contributed by atoms with Crippen LogP contribution >= 0.6 is 0 Å². The molecule has 0 amide bonds. The molecular formula is C14H18N2O2. The number of benzene rings is 1. The van der Waals surface area contributed by atoms with Gasteiger partial charge in [0.05, 0.1) is 17.8 Å². The fourth-order valence-corrected chi connectivity index (χ4v) is 2.04. The zero-order valence-electron chi connectivity index (χ0n) is 10.5. The number of aryl methyl sites for hydroxylation is 1. The molecule has 0 fully saturated rings. The maximum atomic E-state index is 11.6. The molecule has 0 radical (unpaired) electrons. The zero-order chi connectivity index (χ0) is 13.0. The lowest BCUT2D eigenvalue weighted by Crippen LogP contribution is -2.12. The number of aromatic nitrogens is 2. The second kappa shape index (κ2) is 5.78. The third-order valence-electron chi connectivity index (χ3n) is 3.00. The number of aliphatic hydroxyl groups is 1. The minimum atomic E-state index is -0.247. The summed E-state index contributed by atoms with van der Waals surface area (Å²) in [6.07, 6.45) is 3.84. The number of fused-ring (bicyclic) bond motifs is 1. The second-order valence-electron chi connectivity index (χ2n) is 4.59. The lowest BCUT2D eigenvalue weighted by atomic mass is 10.1. The number of hydrogen-bond donors (Lipinski definition) is 1. The van der Waals surface area contributed by atoms with Gasteiger partial charge >= 0.3 is 0 Å². The standard InChI is InChI=1S/C14H18N2O2/c1-11(17)6-4-5-9-16-13-8-3-2-7-12(13)14(18)10-15-16/h2-3,7-8,10-11,17H,4-6,9H2,1H3.